The number of benzene rings is 2. The Hall–Kier alpha value is -3.02. The van der Waals surface area contributed by atoms with E-state index in [1.54, 1.807) is 24.3 Å². The molecule has 2 rings (SSSR count). The molecule has 0 fully saturated rings. The largest absolute Gasteiger partial charge is 0.491 e. The van der Waals surface area contributed by atoms with Crippen LogP contribution in [0, 0.1) is 0 Å². The zero-order valence-electron chi connectivity index (χ0n) is 16.7. The van der Waals surface area contributed by atoms with Crippen LogP contribution in [0.3, 0.4) is 0 Å². The SMILES string of the molecule is CCCC(=O)Nc1cccc(NC(=O)CNc2ccc(OC(C)CC)cc2)c1. The maximum absolute atomic E-state index is 12.2. The van der Waals surface area contributed by atoms with Crippen LogP contribution in [0.15, 0.2) is 48.5 Å². The number of hydrogen-bond donors (Lipinski definition) is 3. The third-order valence-corrected chi connectivity index (χ3v) is 4.13. The van der Waals surface area contributed by atoms with Crippen LogP contribution in [0.5, 0.6) is 5.75 Å². The number of amides is 2. The summed E-state index contributed by atoms with van der Waals surface area (Å²) in [5.41, 5.74) is 2.15. The highest BCUT2D eigenvalue weighted by Crippen LogP contribution is 2.18. The molecule has 0 saturated carbocycles. The highest BCUT2D eigenvalue weighted by molar-refractivity contribution is 5.95. The molecule has 2 aromatic carbocycles. The van der Waals surface area contributed by atoms with E-state index in [0.717, 1.165) is 24.3 Å². The molecule has 0 heterocycles. The van der Waals surface area contributed by atoms with Crippen LogP contribution in [-0.4, -0.2) is 24.5 Å². The van der Waals surface area contributed by atoms with E-state index in [4.69, 9.17) is 4.74 Å². The summed E-state index contributed by atoms with van der Waals surface area (Å²) in [6, 6.07) is 14.7. The maximum Gasteiger partial charge on any atom is 0.243 e. The molecule has 150 valence electrons. The molecule has 0 bridgehead atoms. The summed E-state index contributed by atoms with van der Waals surface area (Å²) in [5, 5.41) is 8.73. The Morgan fingerprint density at radius 2 is 1.57 bits per heavy atom. The van der Waals surface area contributed by atoms with Crippen LogP contribution in [0.1, 0.15) is 40.0 Å². The Morgan fingerprint density at radius 1 is 0.929 bits per heavy atom. The Bertz CT molecular complexity index is 775. The van der Waals surface area contributed by atoms with Crippen LogP contribution < -0.4 is 20.7 Å². The molecule has 0 saturated heterocycles. The fourth-order valence-electron chi connectivity index (χ4n) is 2.48. The number of nitrogens with one attached hydrogen (secondary N) is 3. The summed E-state index contributed by atoms with van der Waals surface area (Å²) < 4.78 is 5.74. The third-order valence-electron chi connectivity index (χ3n) is 4.13. The zero-order chi connectivity index (χ0) is 20.4. The monoisotopic (exact) mass is 383 g/mol. The van der Waals surface area contributed by atoms with Gasteiger partial charge in [-0.1, -0.05) is 19.9 Å². The molecule has 2 aromatic rings. The van der Waals surface area contributed by atoms with Gasteiger partial charge in [0, 0.05) is 23.5 Å². The van der Waals surface area contributed by atoms with E-state index in [9.17, 15) is 9.59 Å². The number of rotatable bonds is 10. The number of anilines is 3. The van der Waals surface area contributed by atoms with Gasteiger partial charge < -0.3 is 20.7 Å². The maximum atomic E-state index is 12.2. The van der Waals surface area contributed by atoms with E-state index in [2.05, 4.69) is 22.9 Å². The first-order valence-electron chi connectivity index (χ1n) is 9.70. The summed E-state index contributed by atoms with van der Waals surface area (Å²) in [5.74, 6) is 0.608. The first-order valence-corrected chi connectivity index (χ1v) is 9.70. The van der Waals surface area contributed by atoms with Crippen molar-refractivity contribution in [3.63, 3.8) is 0 Å². The second kappa shape index (κ2) is 11.0. The standard InChI is InChI=1S/C22H29N3O3/c1-4-7-21(26)24-18-8-6-9-19(14-18)25-22(27)15-23-17-10-12-20(13-11-17)28-16(3)5-2/h6,8-14,16,23H,4-5,7,15H2,1-3H3,(H,24,26)(H,25,27). The van der Waals surface area contributed by atoms with Gasteiger partial charge >= 0.3 is 0 Å². The van der Waals surface area contributed by atoms with E-state index in [0.29, 0.717) is 17.8 Å². The van der Waals surface area contributed by atoms with Gasteiger partial charge in [0.25, 0.3) is 0 Å². The average Bonchev–Trinajstić information content (AvgIpc) is 2.68. The second-order valence-electron chi connectivity index (χ2n) is 6.64. The van der Waals surface area contributed by atoms with Gasteiger partial charge in [-0.2, -0.15) is 0 Å². The van der Waals surface area contributed by atoms with Crippen molar-refractivity contribution >= 4 is 28.9 Å². The molecule has 0 aromatic heterocycles. The van der Waals surface area contributed by atoms with Crippen molar-refractivity contribution in [2.45, 2.75) is 46.1 Å². The predicted molar refractivity (Wildman–Crippen MR) is 114 cm³/mol. The molecule has 0 aliphatic carbocycles. The lowest BCUT2D eigenvalue weighted by Gasteiger charge is -2.13. The quantitative estimate of drug-likeness (QED) is 0.558. The van der Waals surface area contributed by atoms with Crippen molar-refractivity contribution in [3.8, 4) is 5.75 Å². The molecule has 6 nitrogen and oxygen atoms in total. The molecular formula is C22H29N3O3. The van der Waals surface area contributed by atoms with E-state index in [-0.39, 0.29) is 24.5 Å². The zero-order valence-corrected chi connectivity index (χ0v) is 16.7. The van der Waals surface area contributed by atoms with Crippen molar-refractivity contribution in [1.29, 1.82) is 0 Å². The van der Waals surface area contributed by atoms with E-state index in [1.165, 1.54) is 0 Å². The summed E-state index contributed by atoms with van der Waals surface area (Å²) in [4.78, 5) is 23.9. The van der Waals surface area contributed by atoms with Crippen molar-refractivity contribution < 1.29 is 14.3 Å². The second-order valence-corrected chi connectivity index (χ2v) is 6.64. The van der Waals surface area contributed by atoms with Gasteiger partial charge in [-0.05, 0) is 62.2 Å². The summed E-state index contributed by atoms with van der Waals surface area (Å²) in [7, 11) is 0. The van der Waals surface area contributed by atoms with Gasteiger partial charge in [-0.3, -0.25) is 9.59 Å². The van der Waals surface area contributed by atoms with Gasteiger partial charge in [-0.25, -0.2) is 0 Å². The first-order chi connectivity index (χ1) is 13.5. The third kappa shape index (κ3) is 7.31. The van der Waals surface area contributed by atoms with Crippen molar-refractivity contribution in [1.82, 2.24) is 0 Å². The predicted octanol–water partition coefficient (Wildman–Crippen LogP) is 4.65. The molecule has 0 aliphatic heterocycles. The lowest BCUT2D eigenvalue weighted by Crippen LogP contribution is -2.21. The van der Waals surface area contributed by atoms with Crippen molar-refractivity contribution in [3.05, 3.63) is 48.5 Å². The van der Waals surface area contributed by atoms with Crippen molar-refractivity contribution in [2.24, 2.45) is 0 Å². The Kier molecular flexibility index (Phi) is 8.34. The lowest BCUT2D eigenvalue weighted by atomic mass is 10.2. The molecule has 3 N–H and O–H groups in total. The molecule has 1 atom stereocenters. The molecule has 2 amide bonds. The fraction of sp³-hybridized carbons (Fsp3) is 0.364. The number of carbonyl (C=O) groups is 2. The minimum atomic E-state index is -0.169. The van der Waals surface area contributed by atoms with Gasteiger partial charge in [0.05, 0.1) is 12.6 Å². The number of hydrogen-bond acceptors (Lipinski definition) is 4. The molecule has 0 radical (unpaired) electrons. The summed E-state index contributed by atoms with van der Waals surface area (Å²) in [6.45, 7) is 6.20. The van der Waals surface area contributed by atoms with Gasteiger partial charge in [0.1, 0.15) is 5.75 Å². The Labute approximate surface area is 166 Å². The van der Waals surface area contributed by atoms with Gasteiger partial charge in [0.15, 0.2) is 0 Å². The highest BCUT2D eigenvalue weighted by atomic mass is 16.5. The fourth-order valence-corrected chi connectivity index (χ4v) is 2.48. The molecule has 6 heteroatoms. The van der Waals surface area contributed by atoms with Crippen LogP contribution in [0.4, 0.5) is 17.1 Å². The average molecular weight is 383 g/mol. The van der Waals surface area contributed by atoms with Crippen LogP contribution in [0.2, 0.25) is 0 Å². The number of ether oxygens (including phenoxy) is 1. The summed E-state index contributed by atoms with van der Waals surface area (Å²) >= 11 is 0. The molecule has 0 spiro atoms. The van der Waals surface area contributed by atoms with Gasteiger partial charge in [-0.15, -0.1) is 0 Å². The Balaban J connectivity index is 1.83. The first kappa shape index (κ1) is 21.3. The molecular weight excluding hydrogens is 354 g/mol. The Morgan fingerprint density at radius 3 is 2.18 bits per heavy atom. The highest BCUT2D eigenvalue weighted by Gasteiger charge is 2.06. The van der Waals surface area contributed by atoms with Crippen LogP contribution in [-0.2, 0) is 9.59 Å². The minimum absolute atomic E-state index is 0.0339. The summed E-state index contributed by atoms with van der Waals surface area (Å²) in [6.07, 6.45) is 2.39. The molecule has 28 heavy (non-hydrogen) atoms. The molecule has 0 aliphatic rings. The van der Waals surface area contributed by atoms with E-state index in [1.807, 2.05) is 38.1 Å². The van der Waals surface area contributed by atoms with E-state index < -0.39 is 0 Å². The van der Waals surface area contributed by atoms with Crippen LogP contribution >= 0.6 is 0 Å². The normalized spacial score (nSPS) is 11.4. The van der Waals surface area contributed by atoms with E-state index >= 15 is 0 Å². The smallest absolute Gasteiger partial charge is 0.243 e. The molecule has 1 unspecified atom stereocenters. The number of carbonyl (C=O) groups excluding carboxylic acids is 2. The minimum Gasteiger partial charge on any atom is -0.491 e. The lowest BCUT2D eigenvalue weighted by molar-refractivity contribution is -0.116. The topological polar surface area (TPSA) is 79.5 Å². The van der Waals surface area contributed by atoms with Crippen LogP contribution in [0.25, 0.3) is 0 Å². The van der Waals surface area contributed by atoms with Crippen molar-refractivity contribution in [2.75, 3.05) is 22.5 Å². The van der Waals surface area contributed by atoms with Gasteiger partial charge in [0.2, 0.25) is 11.8 Å².